The molecule has 0 saturated carbocycles. The van der Waals surface area contributed by atoms with Gasteiger partial charge in [0.15, 0.2) is 0 Å². The van der Waals surface area contributed by atoms with Crippen molar-refractivity contribution in [3.05, 3.63) is 35.9 Å². The third kappa shape index (κ3) is 5.65. The van der Waals surface area contributed by atoms with Crippen LogP contribution in [0.25, 0.3) is 0 Å². The molecule has 0 aliphatic carbocycles. The van der Waals surface area contributed by atoms with Crippen LogP contribution in [-0.4, -0.2) is 40.7 Å². The molecule has 1 aromatic heterocycles. The van der Waals surface area contributed by atoms with Gasteiger partial charge in [0.05, 0.1) is 5.75 Å². The highest BCUT2D eigenvalue weighted by Gasteiger charge is 2.07. The zero-order chi connectivity index (χ0) is 17.5. The van der Waals surface area contributed by atoms with E-state index in [-0.39, 0.29) is 17.7 Å². The van der Waals surface area contributed by atoms with Crippen LogP contribution in [0.15, 0.2) is 24.3 Å². The van der Waals surface area contributed by atoms with E-state index < -0.39 is 0 Å². The van der Waals surface area contributed by atoms with Crippen molar-refractivity contribution in [3.63, 3.8) is 0 Å². The van der Waals surface area contributed by atoms with E-state index in [2.05, 4.69) is 20.3 Å². The fraction of sp³-hybridized carbons (Fsp3) is 0.333. The molecule has 9 heteroatoms. The average Bonchev–Trinajstić information content (AvgIpc) is 2.53. The smallest absolute Gasteiger partial charge is 0.229 e. The Kier molecular flexibility index (Phi) is 6.30. The molecule has 0 aliphatic heterocycles. The number of amides is 1. The van der Waals surface area contributed by atoms with Gasteiger partial charge < -0.3 is 16.0 Å². The predicted molar refractivity (Wildman–Crippen MR) is 94.4 cm³/mol. The Morgan fingerprint density at radius 3 is 2.62 bits per heavy atom. The molecule has 0 spiro atoms. The van der Waals surface area contributed by atoms with Crippen molar-refractivity contribution in [2.75, 3.05) is 35.8 Å². The number of halogens is 1. The topological polar surface area (TPSA) is 97.0 Å². The van der Waals surface area contributed by atoms with Gasteiger partial charge in [-0.25, -0.2) is 4.39 Å². The largest absolute Gasteiger partial charge is 0.368 e. The summed E-state index contributed by atoms with van der Waals surface area (Å²) in [7, 11) is 3.65. The molecular formula is C15H19FN6OS. The molecule has 0 atom stereocenters. The molecule has 1 aromatic carbocycles. The molecule has 24 heavy (non-hydrogen) atoms. The minimum Gasteiger partial charge on any atom is -0.368 e. The normalized spacial score (nSPS) is 10.5. The number of nitrogens with zero attached hydrogens (tertiary/aromatic N) is 4. The standard InChI is InChI=1S/C15H19FN6OS/c1-22(2)15-20-12(19-14(17)21-15)9-24-8-7-13(23)18-11-5-3-10(16)4-6-11/h3-6H,7-9H2,1-2H3,(H,18,23)(H2,17,19,20,21). The Morgan fingerprint density at radius 2 is 1.96 bits per heavy atom. The first-order chi connectivity index (χ1) is 11.4. The number of carbonyl (C=O) groups excluding carboxylic acids is 1. The van der Waals surface area contributed by atoms with Gasteiger partial charge in [-0.05, 0) is 24.3 Å². The van der Waals surface area contributed by atoms with Crippen molar-refractivity contribution in [3.8, 4) is 0 Å². The van der Waals surface area contributed by atoms with Crippen molar-refractivity contribution in [1.82, 2.24) is 15.0 Å². The fourth-order valence-corrected chi connectivity index (χ4v) is 2.56. The van der Waals surface area contributed by atoms with Gasteiger partial charge in [-0.1, -0.05) is 0 Å². The summed E-state index contributed by atoms with van der Waals surface area (Å²) >= 11 is 1.53. The highest BCUT2D eigenvalue weighted by Crippen LogP contribution is 2.14. The SMILES string of the molecule is CN(C)c1nc(N)nc(CSCCC(=O)Nc2ccc(F)cc2)n1. The van der Waals surface area contributed by atoms with Crippen LogP contribution in [0.4, 0.5) is 22.0 Å². The van der Waals surface area contributed by atoms with E-state index in [9.17, 15) is 9.18 Å². The fourth-order valence-electron chi connectivity index (χ4n) is 1.77. The quantitative estimate of drug-likeness (QED) is 0.736. The Morgan fingerprint density at radius 1 is 1.25 bits per heavy atom. The highest BCUT2D eigenvalue weighted by molar-refractivity contribution is 7.98. The molecule has 128 valence electrons. The first kappa shape index (κ1) is 17.9. The van der Waals surface area contributed by atoms with Crippen molar-refractivity contribution < 1.29 is 9.18 Å². The number of nitrogens with one attached hydrogen (secondary N) is 1. The first-order valence-corrected chi connectivity index (χ1v) is 8.40. The maximum Gasteiger partial charge on any atom is 0.229 e. The molecule has 0 fully saturated rings. The third-order valence-electron chi connectivity index (χ3n) is 2.92. The molecule has 0 radical (unpaired) electrons. The van der Waals surface area contributed by atoms with Crippen molar-refractivity contribution in [2.45, 2.75) is 12.2 Å². The van der Waals surface area contributed by atoms with Crippen LogP contribution in [0.1, 0.15) is 12.2 Å². The van der Waals surface area contributed by atoms with Gasteiger partial charge in [-0.15, -0.1) is 0 Å². The van der Waals surface area contributed by atoms with Gasteiger partial charge in [-0.3, -0.25) is 4.79 Å². The van der Waals surface area contributed by atoms with Gasteiger partial charge in [0.1, 0.15) is 11.6 Å². The van der Waals surface area contributed by atoms with E-state index in [1.54, 1.807) is 4.90 Å². The molecule has 3 N–H and O–H groups in total. The highest BCUT2D eigenvalue weighted by atomic mass is 32.2. The Labute approximate surface area is 143 Å². The molecule has 2 aromatic rings. The predicted octanol–water partition coefficient (Wildman–Crippen LogP) is 1.92. The second-order valence-electron chi connectivity index (χ2n) is 5.16. The van der Waals surface area contributed by atoms with E-state index in [1.165, 1.54) is 36.0 Å². The number of nitrogens with two attached hydrogens (primary N) is 1. The summed E-state index contributed by atoms with van der Waals surface area (Å²) in [6.07, 6.45) is 0.336. The number of hydrogen-bond donors (Lipinski definition) is 2. The summed E-state index contributed by atoms with van der Waals surface area (Å²) in [6, 6.07) is 5.66. The molecule has 0 unspecified atom stereocenters. The second-order valence-corrected chi connectivity index (χ2v) is 6.27. The summed E-state index contributed by atoms with van der Waals surface area (Å²) in [5, 5.41) is 2.71. The average molecular weight is 350 g/mol. The summed E-state index contributed by atoms with van der Waals surface area (Å²) in [6.45, 7) is 0. The van der Waals surface area contributed by atoms with E-state index in [4.69, 9.17) is 5.73 Å². The summed E-state index contributed by atoms with van der Waals surface area (Å²) in [4.78, 5) is 26.0. The minimum absolute atomic E-state index is 0.127. The number of aromatic nitrogens is 3. The lowest BCUT2D eigenvalue weighted by atomic mass is 10.3. The third-order valence-corrected chi connectivity index (χ3v) is 3.87. The second kappa shape index (κ2) is 8.44. The van der Waals surface area contributed by atoms with Crippen LogP contribution < -0.4 is 16.0 Å². The first-order valence-electron chi connectivity index (χ1n) is 7.25. The summed E-state index contributed by atoms with van der Waals surface area (Å²) < 4.78 is 12.8. The van der Waals surface area contributed by atoms with Crippen molar-refractivity contribution in [1.29, 1.82) is 0 Å². The van der Waals surface area contributed by atoms with Crippen LogP contribution in [0, 0.1) is 5.82 Å². The summed E-state index contributed by atoms with van der Waals surface area (Å²) in [5.41, 5.74) is 6.23. The summed E-state index contributed by atoms with van der Waals surface area (Å²) in [5.74, 6) is 1.95. The van der Waals surface area contributed by atoms with Gasteiger partial charge in [0, 0.05) is 32.0 Å². The molecule has 1 heterocycles. The van der Waals surface area contributed by atoms with E-state index in [0.717, 1.165) is 0 Å². The van der Waals surface area contributed by atoms with Gasteiger partial charge in [-0.2, -0.15) is 26.7 Å². The zero-order valence-electron chi connectivity index (χ0n) is 13.5. The van der Waals surface area contributed by atoms with Crippen LogP contribution in [0.5, 0.6) is 0 Å². The van der Waals surface area contributed by atoms with E-state index in [1.807, 2.05) is 14.1 Å². The van der Waals surface area contributed by atoms with E-state index >= 15 is 0 Å². The Bertz CT molecular complexity index is 695. The van der Waals surface area contributed by atoms with E-state index in [0.29, 0.717) is 35.4 Å². The van der Waals surface area contributed by atoms with Gasteiger partial charge in [0.2, 0.25) is 17.8 Å². The number of benzene rings is 1. The number of carbonyl (C=O) groups is 1. The Hall–Kier alpha value is -2.42. The molecule has 2 rings (SSSR count). The molecular weight excluding hydrogens is 331 g/mol. The number of thioether (sulfide) groups is 1. The molecule has 1 amide bonds. The lowest BCUT2D eigenvalue weighted by molar-refractivity contribution is -0.115. The monoisotopic (exact) mass is 350 g/mol. The molecule has 0 aliphatic rings. The number of hydrogen-bond acceptors (Lipinski definition) is 7. The maximum absolute atomic E-state index is 12.8. The lowest BCUT2D eigenvalue weighted by Gasteiger charge is -2.11. The van der Waals surface area contributed by atoms with Gasteiger partial charge >= 0.3 is 0 Å². The molecule has 7 nitrogen and oxygen atoms in total. The van der Waals surface area contributed by atoms with Crippen LogP contribution in [-0.2, 0) is 10.5 Å². The molecule has 0 bridgehead atoms. The number of nitrogen functional groups attached to an aromatic ring is 1. The van der Waals surface area contributed by atoms with Crippen molar-refractivity contribution >= 4 is 35.3 Å². The van der Waals surface area contributed by atoms with Gasteiger partial charge in [0.25, 0.3) is 0 Å². The van der Waals surface area contributed by atoms with Crippen molar-refractivity contribution in [2.24, 2.45) is 0 Å². The Balaban J connectivity index is 1.76. The molecule has 0 saturated heterocycles. The number of rotatable bonds is 7. The lowest BCUT2D eigenvalue weighted by Crippen LogP contribution is -2.16. The minimum atomic E-state index is -0.336. The zero-order valence-corrected chi connectivity index (χ0v) is 14.3. The van der Waals surface area contributed by atoms with Crippen LogP contribution >= 0.6 is 11.8 Å². The van der Waals surface area contributed by atoms with Crippen LogP contribution in [0.2, 0.25) is 0 Å². The number of anilines is 3. The van der Waals surface area contributed by atoms with Crippen LogP contribution in [0.3, 0.4) is 0 Å². The maximum atomic E-state index is 12.8.